The van der Waals surface area contributed by atoms with E-state index in [4.69, 9.17) is 9.47 Å². The average molecular weight is 228 g/mol. The van der Waals surface area contributed by atoms with Crippen LogP contribution in [0.2, 0.25) is 0 Å². The molecule has 0 bridgehead atoms. The van der Waals surface area contributed by atoms with Gasteiger partial charge in [0, 0.05) is 14.2 Å². The van der Waals surface area contributed by atoms with Crippen molar-refractivity contribution in [3.8, 4) is 0 Å². The van der Waals surface area contributed by atoms with Gasteiger partial charge in [-0.1, -0.05) is 0 Å². The van der Waals surface area contributed by atoms with Gasteiger partial charge in [-0.15, -0.1) is 0 Å². The van der Waals surface area contributed by atoms with Gasteiger partial charge in [0.05, 0.1) is 11.5 Å². The van der Waals surface area contributed by atoms with Gasteiger partial charge in [-0.3, -0.25) is 10.1 Å². The van der Waals surface area contributed by atoms with Crippen molar-refractivity contribution in [2.24, 2.45) is 0 Å². The van der Waals surface area contributed by atoms with E-state index in [0.29, 0.717) is 6.54 Å². The SMILES string of the molecule is COC(CNc1ncc([N+](=O)[O-])cn1)OC. The first-order chi connectivity index (χ1) is 7.67. The molecular weight excluding hydrogens is 216 g/mol. The van der Waals surface area contributed by atoms with Gasteiger partial charge in [-0.2, -0.15) is 0 Å². The van der Waals surface area contributed by atoms with Crippen molar-refractivity contribution in [1.29, 1.82) is 0 Å². The van der Waals surface area contributed by atoms with E-state index < -0.39 is 11.2 Å². The number of methoxy groups -OCH3 is 2. The fourth-order valence-corrected chi connectivity index (χ4v) is 0.944. The minimum atomic E-state index is -0.559. The molecule has 0 saturated heterocycles. The maximum atomic E-state index is 10.3. The van der Waals surface area contributed by atoms with Crippen molar-refractivity contribution < 1.29 is 14.4 Å². The topological polar surface area (TPSA) is 99.4 Å². The van der Waals surface area contributed by atoms with E-state index in [1.807, 2.05) is 0 Å². The Balaban J connectivity index is 2.52. The number of nitro groups is 1. The molecule has 8 heteroatoms. The summed E-state index contributed by atoms with van der Waals surface area (Å²) in [7, 11) is 3.01. The van der Waals surface area contributed by atoms with E-state index in [0.717, 1.165) is 12.4 Å². The summed E-state index contributed by atoms with van der Waals surface area (Å²) in [5.41, 5.74) is -0.152. The number of hydrogen-bond acceptors (Lipinski definition) is 7. The Kier molecular flexibility index (Phi) is 4.55. The monoisotopic (exact) mass is 228 g/mol. The van der Waals surface area contributed by atoms with Crippen LogP contribution in [0.15, 0.2) is 12.4 Å². The third-order valence-corrected chi connectivity index (χ3v) is 1.80. The van der Waals surface area contributed by atoms with Crippen molar-refractivity contribution in [3.63, 3.8) is 0 Å². The second-order valence-electron chi connectivity index (χ2n) is 2.80. The summed E-state index contributed by atoms with van der Waals surface area (Å²) in [6.45, 7) is 0.352. The molecule has 0 spiro atoms. The molecule has 0 unspecified atom stereocenters. The molecule has 1 heterocycles. The lowest BCUT2D eigenvalue weighted by Gasteiger charge is -2.13. The number of hydrogen-bond donors (Lipinski definition) is 1. The van der Waals surface area contributed by atoms with Crippen LogP contribution in [0, 0.1) is 10.1 Å². The minimum Gasteiger partial charge on any atom is -0.354 e. The lowest BCUT2D eigenvalue weighted by atomic mass is 10.5. The van der Waals surface area contributed by atoms with Crippen LogP contribution in [0.25, 0.3) is 0 Å². The van der Waals surface area contributed by atoms with E-state index in [1.54, 1.807) is 0 Å². The van der Waals surface area contributed by atoms with Crippen LogP contribution in [-0.4, -0.2) is 41.9 Å². The van der Waals surface area contributed by atoms with Crippen LogP contribution in [0.1, 0.15) is 0 Å². The molecule has 0 fully saturated rings. The Morgan fingerprint density at radius 1 is 1.44 bits per heavy atom. The lowest BCUT2D eigenvalue weighted by molar-refractivity contribution is -0.385. The maximum absolute atomic E-state index is 10.3. The molecule has 0 atom stereocenters. The smallest absolute Gasteiger partial charge is 0.305 e. The first kappa shape index (κ1) is 12.3. The Labute approximate surface area is 91.8 Å². The number of aromatic nitrogens is 2. The molecule has 0 amide bonds. The van der Waals surface area contributed by atoms with Gasteiger partial charge >= 0.3 is 5.69 Å². The molecule has 1 aromatic heterocycles. The van der Waals surface area contributed by atoms with Crippen LogP contribution in [-0.2, 0) is 9.47 Å². The van der Waals surface area contributed by atoms with Gasteiger partial charge in [0.1, 0.15) is 12.4 Å². The first-order valence-electron chi connectivity index (χ1n) is 4.43. The molecule has 88 valence electrons. The van der Waals surface area contributed by atoms with Crippen LogP contribution in [0.4, 0.5) is 11.6 Å². The molecule has 8 nitrogen and oxygen atoms in total. The molecule has 0 aliphatic rings. The standard InChI is InChI=1S/C8H12N4O4/c1-15-7(16-2)5-11-8-9-3-6(4-10-8)12(13)14/h3-4,7H,5H2,1-2H3,(H,9,10,11). The predicted molar refractivity (Wildman–Crippen MR) is 55.0 cm³/mol. The zero-order valence-corrected chi connectivity index (χ0v) is 8.91. The van der Waals surface area contributed by atoms with E-state index in [9.17, 15) is 10.1 Å². The largest absolute Gasteiger partial charge is 0.354 e. The third-order valence-electron chi connectivity index (χ3n) is 1.80. The van der Waals surface area contributed by atoms with Crippen molar-refractivity contribution >= 4 is 11.6 Å². The molecule has 16 heavy (non-hydrogen) atoms. The fourth-order valence-electron chi connectivity index (χ4n) is 0.944. The molecule has 0 aliphatic heterocycles. The number of rotatable bonds is 6. The zero-order chi connectivity index (χ0) is 12.0. The average Bonchev–Trinajstić information content (AvgIpc) is 2.31. The molecule has 1 rings (SSSR count). The highest BCUT2D eigenvalue weighted by molar-refractivity contribution is 5.30. The van der Waals surface area contributed by atoms with Gasteiger partial charge in [0.25, 0.3) is 0 Å². The summed E-state index contributed by atoms with van der Waals surface area (Å²) in [5, 5.41) is 13.2. The normalized spacial score (nSPS) is 10.4. The van der Waals surface area contributed by atoms with Gasteiger partial charge in [0.2, 0.25) is 5.95 Å². The second-order valence-corrected chi connectivity index (χ2v) is 2.80. The van der Waals surface area contributed by atoms with Crippen LogP contribution in [0.5, 0.6) is 0 Å². The van der Waals surface area contributed by atoms with Gasteiger partial charge in [-0.25, -0.2) is 9.97 Å². The highest BCUT2D eigenvalue weighted by atomic mass is 16.7. The van der Waals surface area contributed by atoms with Crippen LogP contribution >= 0.6 is 0 Å². The number of nitrogens with zero attached hydrogens (tertiary/aromatic N) is 3. The summed E-state index contributed by atoms with van der Waals surface area (Å²) in [6, 6.07) is 0. The van der Waals surface area contributed by atoms with Crippen molar-refractivity contribution in [2.45, 2.75) is 6.29 Å². The van der Waals surface area contributed by atoms with E-state index in [-0.39, 0.29) is 11.6 Å². The predicted octanol–water partition coefficient (Wildman–Crippen LogP) is 0.416. The van der Waals surface area contributed by atoms with Crippen LogP contribution < -0.4 is 5.32 Å². The number of ether oxygens (including phenoxy) is 2. The maximum Gasteiger partial charge on any atom is 0.305 e. The van der Waals surface area contributed by atoms with Crippen molar-refractivity contribution in [1.82, 2.24) is 9.97 Å². The summed E-state index contributed by atoms with van der Waals surface area (Å²) in [6.07, 6.45) is 1.84. The van der Waals surface area contributed by atoms with Crippen molar-refractivity contribution in [3.05, 3.63) is 22.5 Å². The number of nitrogens with one attached hydrogen (secondary N) is 1. The highest BCUT2D eigenvalue weighted by Gasteiger charge is 2.08. The molecule has 0 saturated carbocycles. The molecule has 1 N–H and O–H groups in total. The molecule has 0 radical (unpaired) electrons. The number of anilines is 1. The molecule has 1 aromatic rings. The highest BCUT2D eigenvalue weighted by Crippen LogP contribution is 2.08. The molecular formula is C8H12N4O4. The summed E-state index contributed by atoms with van der Waals surface area (Å²) in [5.74, 6) is 0.282. The van der Waals surface area contributed by atoms with Gasteiger partial charge < -0.3 is 14.8 Å². The zero-order valence-electron chi connectivity index (χ0n) is 8.91. The minimum absolute atomic E-state index is 0.152. The van der Waals surface area contributed by atoms with E-state index in [2.05, 4.69) is 15.3 Å². The molecule has 0 aliphatic carbocycles. The Bertz CT molecular complexity index is 338. The third kappa shape index (κ3) is 3.41. The Morgan fingerprint density at radius 2 is 2.00 bits per heavy atom. The first-order valence-corrected chi connectivity index (χ1v) is 4.43. The Hall–Kier alpha value is -1.80. The quantitative estimate of drug-likeness (QED) is 0.427. The summed E-state index contributed by atoms with van der Waals surface area (Å²) in [4.78, 5) is 17.3. The van der Waals surface area contributed by atoms with E-state index in [1.165, 1.54) is 14.2 Å². The van der Waals surface area contributed by atoms with Gasteiger partial charge in [-0.05, 0) is 0 Å². The van der Waals surface area contributed by atoms with Crippen LogP contribution in [0.3, 0.4) is 0 Å². The fraction of sp³-hybridized carbons (Fsp3) is 0.500. The second kappa shape index (κ2) is 5.93. The summed E-state index contributed by atoms with van der Waals surface area (Å²) >= 11 is 0. The van der Waals surface area contributed by atoms with Crippen molar-refractivity contribution in [2.75, 3.05) is 26.1 Å². The molecule has 0 aromatic carbocycles. The van der Waals surface area contributed by atoms with Gasteiger partial charge in [0.15, 0.2) is 6.29 Å². The Morgan fingerprint density at radius 3 is 2.44 bits per heavy atom. The van der Waals surface area contributed by atoms with E-state index >= 15 is 0 Å². The lowest BCUT2D eigenvalue weighted by Crippen LogP contribution is -2.24. The summed E-state index contributed by atoms with van der Waals surface area (Å²) < 4.78 is 9.87.